The maximum Gasteiger partial charge on any atom is 0.270 e. The molecule has 0 bridgehead atoms. The molecule has 0 unspecified atom stereocenters. The van der Waals surface area contributed by atoms with Crippen LogP contribution in [0.2, 0.25) is 5.02 Å². The second-order valence-electron chi connectivity index (χ2n) is 8.81. The number of hydrogen-bond acceptors (Lipinski definition) is 6. The molecule has 3 aromatic rings. The molecule has 1 amide bonds. The quantitative estimate of drug-likeness (QED) is 0.534. The average molecular weight is 499 g/mol. The van der Waals surface area contributed by atoms with Gasteiger partial charge < -0.3 is 11.1 Å². The Morgan fingerprint density at radius 3 is 2.56 bits per heavy atom. The number of aromatic nitrogens is 2. The summed E-state index contributed by atoms with van der Waals surface area (Å²) in [6, 6.07) is 15.8. The van der Waals surface area contributed by atoms with Gasteiger partial charge in [-0.15, -0.1) is 0 Å². The van der Waals surface area contributed by atoms with Crippen molar-refractivity contribution in [2.24, 2.45) is 5.73 Å². The van der Waals surface area contributed by atoms with Crippen LogP contribution in [0.4, 0.5) is 0 Å². The zero-order valence-corrected chi connectivity index (χ0v) is 20.4. The fourth-order valence-corrected chi connectivity index (χ4v) is 5.35. The highest BCUT2D eigenvalue weighted by molar-refractivity contribution is 7.90. The zero-order chi connectivity index (χ0) is 24.3. The number of nitrogens with two attached hydrogens (primary N) is 1. The summed E-state index contributed by atoms with van der Waals surface area (Å²) >= 11 is 6.20. The van der Waals surface area contributed by atoms with Gasteiger partial charge in [0, 0.05) is 41.0 Å². The molecule has 0 spiro atoms. The van der Waals surface area contributed by atoms with Crippen LogP contribution in [-0.2, 0) is 15.3 Å². The van der Waals surface area contributed by atoms with Gasteiger partial charge in [0.2, 0.25) is 0 Å². The molecule has 0 aliphatic heterocycles. The Kier molecular flexibility index (Phi) is 7.02. The largest absolute Gasteiger partial charge is 0.348 e. The van der Waals surface area contributed by atoms with Crippen LogP contribution in [0.25, 0.3) is 11.4 Å². The van der Waals surface area contributed by atoms with Crippen LogP contribution in [0, 0.1) is 0 Å². The van der Waals surface area contributed by atoms with E-state index in [1.54, 1.807) is 18.2 Å². The van der Waals surface area contributed by atoms with Crippen LogP contribution in [-0.4, -0.2) is 43.1 Å². The third kappa shape index (κ3) is 5.29. The maximum absolute atomic E-state index is 12.9. The van der Waals surface area contributed by atoms with Crippen molar-refractivity contribution in [1.29, 1.82) is 0 Å². The fourth-order valence-electron chi connectivity index (χ4n) is 4.49. The van der Waals surface area contributed by atoms with Gasteiger partial charge in [0.15, 0.2) is 15.7 Å². The first-order valence-electron chi connectivity index (χ1n) is 11.1. The monoisotopic (exact) mass is 498 g/mol. The van der Waals surface area contributed by atoms with E-state index in [4.69, 9.17) is 17.3 Å². The number of carbonyl (C=O) groups is 1. The topological polar surface area (TPSA) is 115 Å². The molecule has 0 atom stereocenters. The Labute approximate surface area is 204 Å². The highest BCUT2D eigenvalue weighted by Crippen LogP contribution is 2.39. The summed E-state index contributed by atoms with van der Waals surface area (Å²) in [5, 5.41) is 3.78. The molecular formula is C25H27ClN4O3S. The predicted molar refractivity (Wildman–Crippen MR) is 132 cm³/mol. The number of rotatable bonds is 6. The molecule has 0 radical (unpaired) electrons. The molecule has 9 heteroatoms. The molecule has 1 aromatic heterocycles. The van der Waals surface area contributed by atoms with E-state index in [2.05, 4.69) is 21.4 Å². The van der Waals surface area contributed by atoms with E-state index in [0.29, 0.717) is 23.0 Å². The molecule has 1 fully saturated rings. The van der Waals surface area contributed by atoms with Crippen molar-refractivity contribution in [2.75, 3.05) is 12.8 Å². The number of nitrogens with one attached hydrogen (secondary N) is 1. The first-order valence-corrected chi connectivity index (χ1v) is 13.4. The normalized spacial score (nSPS) is 20.6. The minimum atomic E-state index is -3.36. The predicted octanol–water partition coefficient (Wildman–Crippen LogP) is 3.77. The van der Waals surface area contributed by atoms with E-state index in [1.807, 2.05) is 18.2 Å². The molecule has 1 saturated carbocycles. The van der Waals surface area contributed by atoms with Gasteiger partial charge >= 0.3 is 0 Å². The van der Waals surface area contributed by atoms with Gasteiger partial charge in [-0.25, -0.2) is 18.4 Å². The molecule has 34 heavy (non-hydrogen) atoms. The Bertz CT molecular complexity index is 1300. The summed E-state index contributed by atoms with van der Waals surface area (Å²) in [6.07, 6.45) is 5.94. The second kappa shape index (κ2) is 9.82. The van der Waals surface area contributed by atoms with Crippen molar-refractivity contribution in [3.8, 4) is 11.4 Å². The number of nitrogens with zero attached hydrogens (tertiary/aromatic N) is 2. The summed E-state index contributed by atoms with van der Waals surface area (Å²) in [7, 11) is -3.36. The van der Waals surface area contributed by atoms with Gasteiger partial charge in [-0.1, -0.05) is 35.9 Å². The third-order valence-electron chi connectivity index (χ3n) is 6.51. The van der Waals surface area contributed by atoms with E-state index >= 15 is 0 Å². The van der Waals surface area contributed by atoms with E-state index in [9.17, 15) is 13.2 Å². The van der Waals surface area contributed by atoms with Crippen LogP contribution in [0.1, 0.15) is 41.7 Å². The zero-order valence-electron chi connectivity index (χ0n) is 18.9. The second-order valence-corrected chi connectivity index (χ2v) is 11.3. The molecule has 1 aliphatic carbocycles. The highest BCUT2D eigenvalue weighted by atomic mass is 35.5. The lowest BCUT2D eigenvalue weighted by Crippen LogP contribution is -2.45. The molecule has 2 aromatic carbocycles. The van der Waals surface area contributed by atoms with Crippen molar-refractivity contribution in [3.63, 3.8) is 0 Å². The number of sulfone groups is 1. The van der Waals surface area contributed by atoms with Crippen molar-refractivity contribution < 1.29 is 13.2 Å². The Morgan fingerprint density at radius 1 is 1.15 bits per heavy atom. The molecule has 0 saturated heterocycles. The Balaban J connectivity index is 1.45. The van der Waals surface area contributed by atoms with E-state index in [-0.39, 0.29) is 28.0 Å². The summed E-state index contributed by atoms with van der Waals surface area (Å²) in [5.74, 6) is 0.0146. The molecular weight excluding hydrogens is 472 g/mol. The van der Waals surface area contributed by atoms with Crippen LogP contribution >= 0.6 is 11.6 Å². The number of carbonyl (C=O) groups excluding carboxylic acids is 1. The minimum Gasteiger partial charge on any atom is -0.348 e. The Hall–Kier alpha value is -2.81. The summed E-state index contributed by atoms with van der Waals surface area (Å²) in [5.41, 5.74) is 7.95. The SMILES string of the molecule is CS(=O)(=O)c1cccc(-c2nccc(C(=O)NC3CCC(CN)(c4cccc(Cl)c4)CC3)n2)c1. The van der Waals surface area contributed by atoms with Crippen LogP contribution in [0.15, 0.2) is 65.7 Å². The lowest BCUT2D eigenvalue weighted by atomic mass is 9.68. The molecule has 7 nitrogen and oxygen atoms in total. The Morgan fingerprint density at radius 2 is 1.88 bits per heavy atom. The van der Waals surface area contributed by atoms with Gasteiger partial charge in [0.25, 0.3) is 5.91 Å². The summed E-state index contributed by atoms with van der Waals surface area (Å²) in [6.45, 7) is 0.524. The molecule has 178 valence electrons. The smallest absolute Gasteiger partial charge is 0.270 e. The van der Waals surface area contributed by atoms with E-state index < -0.39 is 9.84 Å². The lowest BCUT2D eigenvalue weighted by molar-refractivity contribution is 0.0913. The van der Waals surface area contributed by atoms with Gasteiger partial charge in [-0.05, 0) is 61.6 Å². The summed E-state index contributed by atoms with van der Waals surface area (Å²) in [4.78, 5) is 21.7. The van der Waals surface area contributed by atoms with Crippen LogP contribution in [0.5, 0.6) is 0 Å². The molecule has 1 heterocycles. The maximum atomic E-state index is 12.9. The van der Waals surface area contributed by atoms with E-state index in [0.717, 1.165) is 37.5 Å². The number of amides is 1. The van der Waals surface area contributed by atoms with Crippen molar-refractivity contribution >= 4 is 27.3 Å². The van der Waals surface area contributed by atoms with Gasteiger partial charge in [0.05, 0.1) is 4.90 Å². The highest BCUT2D eigenvalue weighted by Gasteiger charge is 2.36. The van der Waals surface area contributed by atoms with Crippen molar-refractivity contribution in [2.45, 2.75) is 42.0 Å². The van der Waals surface area contributed by atoms with Gasteiger partial charge in [-0.3, -0.25) is 4.79 Å². The first kappa shape index (κ1) is 24.3. The lowest BCUT2D eigenvalue weighted by Gasteiger charge is -2.40. The molecule has 1 aliphatic rings. The van der Waals surface area contributed by atoms with Gasteiger partial charge in [-0.2, -0.15) is 0 Å². The van der Waals surface area contributed by atoms with Crippen LogP contribution in [0.3, 0.4) is 0 Å². The van der Waals surface area contributed by atoms with Gasteiger partial charge in [0.1, 0.15) is 5.69 Å². The standard InChI is InChI=1S/C25H27ClN4O3S/c1-34(32,33)21-7-2-4-17(14-21)23-28-13-10-22(30-23)24(31)29-20-8-11-25(16-27,12-9-20)18-5-3-6-19(26)15-18/h2-7,10,13-15,20H,8-9,11-12,16,27H2,1H3,(H,29,31). The summed E-state index contributed by atoms with van der Waals surface area (Å²) < 4.78 is 23.7. The van der Waals surface area contributed by atoms with E-state index in [1.165, 1.54) is 18.3 Å². The molecule has 4 rings (SSSR count). The number of hydrogen-bond donors (Lipinski definition) is 2. The third-order valence-corrected chi connectivity index (χ3v) is 7.86. The van der Waals surface area contributed by atoms with Crippen LogP contribution < -0.4 is 11.1 Å². The number of halogens is 1. The van der Waals surface area contributed by atoms with Crippen molar-refractivity contribution in [3.05, 3.63) is 77.1 Å². The fraction of sp³-hybridized carbons (Fsp3) is 0.320. The number of benzene rings is 2. The minimum absolute atomic E-state index is 0.0123. The molecule has 3 N–H and O–H groups in total. The average Bonchev–Trinajstić information content (AvgIpc) is 2.84. The first-order chi connectivity index (χ1) is 16.2. The van der Waals surface area contributed by atoms with Crippen molar-refractivity contribution in [1.82, 2.24) is 15.3 Å².